The number of carbonyl (C=O) groups excluding carboxylic acids is 1. The summed E-state index contributed by atoms with van der Waals surface area (Å²) < 4.78 is 17.6. The van der Waals surface area contributed by atoms with Gasteiger partial charge in [-0.05, 0) is 38.8 Å². The maximum atomic E-state index is 12.7. The summed E-state index contributed by atoms with van der Waals surface area (Å²) in [5.74, 6) is 1.32. The number of carbonyl (C=O) groups is 1. The van der Waals surface area contributed by atoms with Gasteiger partial charge in [0.1, 0.15) is 11.7 Å². The number of fused-ring (bicyclic) bond motifs is 1. The van der Waals surface area contributed by atoms with Crippen LogP contribution in [-0.2, 0) is 11.2 Å². The second kappa shape index (κ2) is 7.66. The lowest BCUT2D eigenvalue weighted by atomic mass is 10.0. The van der Waals surface area contributed by atoms with Gasteiger partial charge in [0.2, 0.25) is 0 Å². The number of hydrogen-bond donors (Lipinski definition) is 0. The van der Waals surface area contributed by atoms with Crippen molar-refractivity contribution >= 4 is 5.91 Å². The summed E-state index contributed by atoms with van der Waals surface area (Å²) in [6, 6.07) is 7.91. The third-order valence-electron chi connectivity index (χ3n) is 4.95. The highest BCUT2D eigenvalue weighted by molar-refractivity contribution is 5.78. The number of ether oxygens (including phenoxy) is 3. The van der Waals surface area contributed by atoms with Crippen LogP contribution in [0.2, 0.25) is 0 Å². The number of rotatable bonds is 5. The van der Waals surface area contributed by atoms with Crippen LogP contribution < -0.4 is 14.2 Å². The molecule has 0 radical (unpaired) electrons. The van der Waals surface area contributed by atoms with Crippen LogP contribution in [0.4, 0.5) is 0 Å². The second-order valence-electron chi connectivity index (χ2n) is 7.82. The summed E-state index contributed by atoms with van der Waals surface area (Å²) in [5.41, 5.74) is 0.868. The van der Waals surface area contributed by atoms with Gasteiger partial charge in [0.25, 0.3) is 5.91 Å². The molecule has 1 aromatic carbocycles. The molecule has 1 fully saturated rings. The molecule has 1 saturated heterocycles. The first-order chi connectivity index (χ1) is 13.5. The Labute approximate surface area is 164 Å². The Kier molecular flexibility index (Phi) is 5.07. The van der Waals surface area contributed by atoms with Crippen LogP contribution in [0.3, 0.4) is 0 Å². The van der Waals surface area contributed by atoms with E-state index in [1.54, 1.807) is 23.4 Å². The Balaban J connectivity index is 1.34. The molecule has 2 aliphatic heterocycles. The van der Waals surface area contributed by atoms with Crippen LogP contribution >= 0.6 is 0 Å². The van der Waals surface area contributed by atoms with Crippen LogP contribution in [0.5, 0.6) is 17.5 Å². The van der Waals surface area contributed by atoms with E-state index in [1.165, 1.54) is 0 Å². The van der Waals surface area contributed by atoms with Gasteiger partial charge in [-0.25, -0.2) is 9.97 Å². The van der Waals surface area contributed by atoms with E-state index in [9.17, 15) is 4.79 Å². The maximum Gasteiger partial charge on any atom is 0.316 e. The van der Waals surface area contributed by atoms with Crippen molar-refractivity contribution in [1.82, 2.24) is 14.9 Å². The minimum Gasteiger partial charge on any atom is -0.483 e. The fourth-order valence-electron chi connectivity index (χ4n) is 3.69. The highest BCUT2D eigenvalue weighted by atomic mass is 16.5. The molecule has 2 aromatic rings. The largest absolute Gasteiger partial charge is 0.483 e. The standard InChI is InChI=1S/C21H25N3O4/c1-21(2)12-15-6-3-8-17(19(15)28-21)26-14-18(25)24-11-4-7-16(13-24)27-20-22-9-5-10-23-20/h3,5-6,8-10,16H,4,7,11-14H2,1-2H3. The summed E-state index contributed by atoms with van der Waals surface area (Å²) in [7, 11) is 0. The van der Waals surface area contributed by atoms with Crippen molar-refractivity contribution in [3.05, 3.63) is 42.2 Å². The second-order valence-corrected chi connectivity index (χ2v) is 7.82. The molecule has 0 saturated carbocycles. The molecule has 1 amide bonds. The van der Waals surface area contributed by atoms with Crippen LogP contribution in [0.15, 0.2) is 36.7 Å². The van der Waals surface area contributed by atoms with Gasteiger partial charge in [0, 0.05) is 30.9 Å². The zero-order valence-corrected chi connectivity index (χ0v) is 16.3. The van der Waals surface area contributed by atoms with Crippen molar-refractivity contribution in [3.8, 4) is 17.5 Å². The van der Waals surface area contributed by atoms with E-state index in [4.69, 9.17) is 14.2 Å². The van der Waals surface area contributed by atoms with Gasteiger partial charge in [0.05, 0.1) is 6.54 Å². The molecule has 4 rings (SSSR count). The maximum absolute atomic E-state index is 12.7. The van der Waals surface area contributed by atoms with Crippen molar-refractivity contribution in [3.63, 3.8) is 0 Å². The van der Waals surface area contributed by atoms with E-state index in [-0.39, 0.29) is 24.2 Å². The zero-order valence-electron chi connectivity index (χ0n) is 16.3. The lowest BCUT2D eigenvalue weighted by Crippen LogP contribution is -2.46. The lowest BCUT2D eigenvalue weighted by molar-refractivity contribution is -0.136. The molecule has 148 valence electrons. The summed E-state index contributed by atoms with van der Waals surface area (Å²) in [6.07, 6.45) is 5.76. The van der Waals surface area contributed by atoms with E-state index in [2.05, 4.69) is 9.97 Å². The summed E-state index contributed by atoms with van der Waals surface area (Å²) >= 11 is 0. The molecule has 3 heterocycles. The van der Waals surface area contributed by atoms with Crippen molar-refractivity contribution in [2.45, 2.75) is 44.8 Å². The SMILES string of the molecule is CC1(C)Cc2cccc(OCC(=O)N3CCCC(Oc4ncccn4)C3)c2O1. The molecule has 0 aliphatic carbocycles. The number of benzene rings is 1. The fourth-order valence-corrected chi connectivity index (χ4v) is 3.69. The van der Waals surface area contributed by atoms with E-state index < -0.39 is 0 Å². The summed E-state index contributed by atoms with van der Waals surface area (Å²) in [5, 5.41) is 0. The molecule has 1 unspecified atom stereocenters. The number of hydrogen-bond acceptors (Lipinski definition) is 6. The minimum atomic E-state index is -0.247. The average molecular weight is 383 g/mol. The third kappa shape index (κ3) is 4.18. The highest BCUT2D eigenvalue weighted by Crippen LogP contribution is 2.41. The highest BCUT2D eigenvalue weighted by Gasteiger charge is 2.32. The average Bonchev–Trinajstić information content (AvgIpc) is 3.01. The molecule has 0 spiro atoms. The molecular formula is C21H25N3O4. The van der Waals surface area contributed by atoms with Gasteiger partial charge in [-0.2, -0.15) is 0 Å². The van der Waals surface area contributed by atoms with Crippen LogP contribution in [0.1, 0.15) is 32.3 Å². The normalized spacial score (nSPS) is 20.2. The van der Waals surface area contributed by atoms with E-state index in [0.29, 0.717) is 24.8 Å². The number of amides is 1. The Bertz CT molecular complexity index is 841. The molecular weight excluding hydrogens is 358 g/mol. The summed E-state index contributed by atoms with van der Waals surface area (Å²) in [4.78, 5) is 22.6. The molecule has 7 heteroatoms. The fraction of sp³-hybridized carbons (Fsp3) is 0.476. The Morgan fingerprint density at radius 3 is 2.93 bits per heavy atom. The van der Waals surface area contributed by atoms with Gasteiger partial charge >= 0.3 is 6.01 Å². The van der Waals surface area contributed by atoms with Crippen molar-refractivity contribution < 1.29 is 19.0 Å². The van der Waals surface area contributed by atoms with Crippen LogP contribution in [0.25, 0.3) is 0 Å². The molecule has 0 N–H and O–H groups in total. The van der Waals surface area contributed by atoms with E-state index in [0.717, 1.165) is 30.6 Å². The van der Waals surface area contributed by atoms with Gasteiger partial charge in [-0.15, -0.1) is 0 Å². The first kappa shape index (κ1) is 18.5. The van der Waals surface area contributed by atoms with Crippen molar-refractivity contribution in [2.24, 2.45) is 0 Å². The molecule has 2 aliphatic rings. The first-order valence-corrected chi connectivity index (χ1v) is 9.65. The molecule has 1 aromatic heterocycles. The Morgan fingerprint density at radius 1 is 1.29 bits per heavy atom. The number of para-hydroxylation sites is 1. The smallest absolute Gasteiger partial charge is 0.316 e. The van der Waals surface area contributed by atoms with Gasteiger partial charge in [-0.1, -0.05) is 12.1 Å². The Hall–Kier alpha value is -2.83. The van der Waals surface area contributed by atoms with Gasteiger partial charge in [-0.3, -0.25) is 4.79 Å². The number of likely N-dealkylation sites (tertiary alicyclic amines) is 1. The lowest BCUT2D eigenvalue weighted by Gasteiger charge is -2.32. The van der Waals surface area contributed by atoms with Gasteiger partial charge < -0.3 is 19.1 Å². The van der Waals surface area contributed by atoms with Gasteiger partial charge in [0.15, 0.2) is 18.1 Å². The summed E-state index contributed by atoms with van der Waals surface area (Å²) in [6.45, 7) is 5.29. The monoisotopic (exact) mass is 383 g/mol. The number of aromatic nitrogens is 2. The van der Waals surface area contributed by atoms with Crippen LogP contribution in [0, 0.1) is 0 Å². The van der Waals surface area contributed by atoms with E-state index >= 15 is 0 Å². The molecule has 0 bridgehead atoms. The Morgan fingerprint density at radius 2 is 2.11 bits per heavy atom. The van der Waals surface area contributed by atoms with Crippen molar-refractivity contribution in [2.75, 3.05) is 19.7 Å². The topological polar surface area (TPSA) is 73.8 Å². The first-order valence-electron chi connectivity index (χ1n) is 9.65. The third-order valence-corrected chi connectivity index (χ3v) is 4.95. The number of nitrogens with zero attached hydrogens (tertiary/aromatic N) is 3. The quantitative estimate of drug-likeness (QED) is 0.790. The van der Waals surface area contributed by atoms with Crippen LogP contribution in [-0.4, -0.2) is 52.2 Å². The predicted octanol–water partition coefficient (Wildman–Crippen LogP) is 2.64. The van der Waals surface area contributed by atoms with E-state index in [1.807, 2.05) is 32.0 Å². The molecule has 7 nitrogen and oxygen atoms in total. The number of piperidine rings is 1. The predicted molar refractivity (Wildman–Crippen MR) is 103 cm³/mol. The zero-order chi connectivity index (χ0) is 19.6. The molecule has 28 heavy (non-hydrogen) atoms. The molecule has 1 atom stereocenters. The minimum absolute atomic E-state index is 0.0190. The van der Waals surface area contributed by atoms with Crippen molar-refractivity contribution in [1.29, 1.82) is 0 Å².